The second-order valence-corrected chi connectivity index (χ2v) is 9.32. The molecule has 178 valence electrons. The average Bonchev–Trinajstić information content (AvgIpc) is 2.87. The highest BCUT2D eigenvalue weighted by Gasteiger charge is 2.31. The fraction of sp³-hybridized carbons (Fsp3) is 0.286. The molecule has 0 heterocycles. The molecule has 2 unspecified atom stereocenters. The average molecular weight is 479 g/mol. The molecule has 0 bridgehead atoms. The summed E-state index contributed by atoms with van der Waals surface area (Å²) in [6.07, 6.45) is 1.19. The summed E-state index contributed by atoms with van der Waals surface area (Å²) in [6, 6.07) is 24.8. The molecule has 0 saturated heterocycles. The number of hydrogen-bond donors (Lipinski definition) is 1. The van der Waals surface area contributed by atoms with Gasteiger partial charge in [-0.3, -0.25) is 9.59 Å². The molecule has 0 aliphatic rings. The van der Waals surface area contributed by atoms with Crippen LogP contribution in [0.3, 0.4) is 0 Å². The highest BCUT2D eigenvalue weighted by Crippen LogP contribution is 2.21. The van der Waals surface area contributed by atoms with E-state index < -0.39 is 6.04 Å². The predicted octanol–water partition coefficient (Wildman–Crippen LogP) is 5.47. The Bertz CT molecular complexity index is 1050. The lowest BCUT2D eigenvalue weighted by Gasteiger charge is -2.32. The van der Waals surface area contributed by atoms with Crippen molar-refractivity contribution in [3.05, 3.63) is 102 Å². The van der Waals surface area contributed by atoms with Crippen molar-refractivity contribution in [2.75, 3.05) is 5.75 Å². The Balaban J connectivity index is 1.90. The third kappa shape index (κ3) is 7.73. The van der Waals surface area contributed by atoms with E-state index in [9.17, 15) is 14.0 Å². The Morgan fingerprint density at radius 2 is 1.53 bits per heavy atom. The van der Waals surface area contributed by atoms with Crippen LogP contribution in [0.1, 0.15) is 31.4 Å². The molecule has 4 nitrogen and oxygen atoms in total. The monoisotopic (exact) mass is 478 g/mol. The Hall–Kier alpha value is -3.12. The van der Waals surface area contributed by atoms with Crippen LogP contribution in [0.4, 0.5) is 4.39 Å². The summed E-state index contributed by atoms with van der Waals surface area (Å²) in [6.45, 7) is 4.18. The number of rotatable bonds is 11. The van der Waals surface area contributed by atoms with Gasteiger partial charge in [-0.15, -0.1) is 11.8 Å². The summed E-state index contributed by atoms with van der Waals surface area (Å²) >= 11 is 1.44. The van der Waals surface area contributed by atoms with Crippen molar-refractivity contribution in [1.29, 1.82) is 0 Å². The maximum Gasteiger partial charge on any atom is 0.243 e. The molecule has 0 aromatic heterocycles. The topological polar surface area (TPSA) is 49.4 Å². The van der Waals surface area contributed by atoms with Crippen LogP contribution in [0, 0.1) is 5.82 Å². The van der Waals surface area contributed by atoms with Gasteiger partial charge in [0.25, 0.3) is 0 Å². The summed E-state index contributed by atoms with van der Waals surface area (Å²) in [5.74, 6) is -0.457. The van der Waals surface area contributed by atoms with Gasteiger partial charge in [-0.2, -0.15) is 0 Å². The molecule has 3 aromatic carbocycles. The van der Waals surface area contributed by atoms with Gasteiger partial charge in [0, 0.05) is 23.9 Å². The summed E-state index contributed by atoms with van der Waals surface area (Å²) in [4.78, 5) is 29.6. The summed E-state index contributed by atoms with van der Waals surface area (Å²) in [5, 5.41) is 3.05. The van der Waals surface area contributed by atoms with Crippen molar-refractivity contribution in [2.24, 2.45) is 0 Å². The fourth-order valence-corrected chi connectivity index (χ4v) is 4.33. The number of benzene rings is 3. The van der Waals surface area contributed by atoms with Gasteiger partial charge in [0.1, 0.15) is 11.9 Å². The number of amides is 2. The van der Waals surface area contributed by atoms with Crippen LogP contribution in [-0.4, -0.2) is 34.6 Å². The summed E-state index contributed by atoms with van der Waals surface area (Å²) in [5.41, 5.74) is 1.74. The molecule has 1 N–H and O–H groups in total. The highest BCUT2D eigenvalue weighted by atomic mass is 32.2. The zero-order valence-corrected chi connectivity index (χ0v) is 20.4. The lowest BCUT2D eigenvalue weighted by molar-refractivity contribution is -0.139. The number of nitrogens with zero attached hydrogens (tertiary/aromatic N) is 1. The number of halogens is 1. The largest absolute Gasteiger partial charge is 0.352 e. The van der Waals surface area contributed by atoms with Crippen LogP contribution in [0.2, 0.25) is 0 Å². The molecular formula is C28H31FN2O2S. The van der Waals surface area contributed by atoms with Crippen molar-refractivity contribution in [3.63, 3.8) is 0 Å². The van der Waals surface area contributed by atoms with Gasteiger partial charge in [0.2, 0.25) is 11.8 Å². The van der Waals surface area contributed by atoms with E-state index in [1.807, 2.05) is 74.5 Å². The van der Waals surface area contributed by atoms with Gasteiger partial charge in [0.05, 0.1) is 5.75 Å². The fourth-order valence-electron chi connectivity index (χ4n) is 3.53. The molecule has 2 atom stereocenters. The first-order valence-corrected chi connectivity index (χ1v) is 12.5. The van der Waals surface area contributed by atoms with Crippen molar-refractivity contribution in [3.8, 4) is 0 Å². The van der Waals surface area contributed by atoms with Crippen LogP contribution in [-0.2, 0) is 22.6 Å². The molecule has 3 rings (SSSR count). The highest BCUT2D eigenvalue weighted by molar-refractivity contribution is 8.00. The van der Waals surface area contributed by atoms with Crippen LogP contribution < -0.4 is 5.32 Å². The van der Waals surface area contributed by atoms with E-state index in [1.54, 1.807) is 17.0 Å². The van der Waals surface area contributed by atoms with Crippen molar-refractivity contribution >= 4 is 23.6 Å². The van der Waals surface area contributed by atoms with E-state index in [0.717, 1.165) is 22.4 Å². The number of carbonyl (C=O) groups excluding carboxylic acids is 2. The van der Waals surface area contributed by atoms with E-state index in [2.05, 4.69) is 5.32 Å². The zero-order valence-electron chi connectivity index (χ0n) is 19.6. The van der Waals surface area contributed by atoms with E-state index in [0.29, 0.717) is 6.42 Å². The van der Waals surface area contributed by atoms with Gasteiger partial charge in [-0.05, 0) is 48.7 Å². The minimum atomic E-state index is -0.690. The molecule has 6 heteroatoms. The van der Waals surface area contributed by atoms with E-state index in [1.165, 1.54) is 23.9 Å². The molecule has 34 heavy (non-hydrogen) atoms. The summed E-state index contributed by atoms with van der Waals surface area (Å²) < 4.78 is 13.5. The molecule has 0 aliphatic carbocycles. The maximum atomic E-state index is 13.5. The van der Waals surface area contributed by atoms with Crippen molar-refractivity contribution < 1.29 is 14.0 Å². The molecular weight excluding hydrogens is 447 g/mol. The second-order valence-electron chi connectivity index (χ2n) is 8.27. The molecule has 3 aromatic rings. The van der Waals surface area contributed by atoms with E-state index >= 15 is 0 Å². The van der Waals surface area contributed by atoms with Gasteiger partial charge >= 0.3 is 0 Å². The predicted molar refractivity (Wildman–Crippen MR) is 136 cm³/mol. The third-order valence-corrected chi connectivity index (χ3v) is 6.64. The Labute approximate surface area is 205 Å². The van der Waals surface area contributed by atoms with Crippen LogP contribution in [0.25, 0.3) is 0 Å². The standard InChI is InChI=1S/C28H31FN2O2S/c1-3-21(2)30-28(33)26(18-22-10-6-4-7-11-22)31(19-23-14-16-24(29)17-15-23)27(32)20-34-25-12-8-5-9-13-25/h4-17,21,26H,3,18-20H2,1-2H3,(H,30,33). The van der Waals surface area contributed by atoms with Crippen molar-refractivity contribution in [2.45, 2.75) is 50.2 Å². The van der Waals surface area contributed by atoms with Gasteiger partial charge in [-0.1, -0.05) is 67.6 Å². The quantitative estimate of drug-likeness (QED) is 0.372. The summed E-state index contributed by atoms with van der Waals surface area (Å²) in [7, 11) is 0. The molecule has 0 saturated carbocycles. The van der Waals surface area contributed by atoms with Crippen LogP contribution >= 0.6 is 11.8 Å². The van der Waals surface area contributed by atoms with Gasteiger partial charge in [0.15, 0.2) is 0 Å². The lowest BCUT2D eigenvalue weighted by Crippen LogP contribution is -2.52. The minimum Gasteiger partial charge on any atom is -0.352 e. The van der Waals surface area contributed by atoms with E-state index in [-0.39, 0.29) is 36.0 Å². The molecule has 0 radical (unpaired) electrons. The SMILES string of the molecule is CCC(C)NC(=O)C(Cc1ccccc1)N(Cc1ccc(F)cc1)C(=O)CSc1ccccc1. The van der Waals surface area contributed by atoms with Crippen LogP contribution in [0.5, 0.6) is 0 Å². The molecule has 0 spiro atoms. The van der Waals surface area contributed by atoms with Crippen molar-refractivity contribution in [1.82, 2.24) is 10.2 Å². The molecule has 0 fully saturated rings. The first kappa shape index (κ1) is 25.5. The molecule has 0 aliphatic heterocycles. The van der Waals surface area contributed by atoms with E-state index in [4.69, 9.17) is 0 Å². The number of nitrogens with one attached hydrogen (secondary N) is 1. The van der Waals surface area contributed by atoms with Crippen LogP contribution in [0.15, 0.2) is 89.8 Å². The number of thioether (sulfide) groups is 1. The Kier molecular flexibility index (Phi) is 9.71. The van der Waals surface area contributed by atoms with Gasteiger partial charge in [-0.25, -0.2) is 4.39 Å². The third-order valence-electron chi connectivity index (χ3n) is 5.64. The normalized spacial score (nSPS) is 12.6. The Morgan fingerprint density at radius 3 is 2.15 bits per heavy atom. The Morgan fingerprint density at radius 1 is 0.912 bits per heavy atom. The minimum absolute atomic E-state index is 0.00718. The first-order valence-electron chi connectivity index (χ1n) is 11.5. The molecule has 2 amide bonds. The lowest BCUT2D eigenvalue weighted by atomic mass is 10.0. The zero-order chi connectivity index (χ0) is 24.3. The number of carbonyl (C=O) groups is 2. The maximum absolute atomic E-state index is 13.5. The number of hydrogen-bond acceptors (Lipinski definition) is 3. The smallest absolute Gasteiger partial charge is 0.243 e. The first-order chi connectivity index (χ1) is 16.5. The van der Waals surface area contributed by atoms with Gasteiger partial charge < -0.3 is 10.2 Å². The second kappa shape index (κ2) is 12.9.